The number of anilines is 1. The third kappa shape index (κ3) is 4.65. The first-order valence-electron chi connectivity index (χ1n) is 9.96. The van der Waals surface area contributed by atoms with E-state index in [0.29, 0.717) is 30.1 Å². The van der Waals surface area contributed by atoms with Crippen LogP contribution in [0.3, 0.4) is 0 Å². The van der Waals surface area contributed by atoms with Crippen LogP contribution in [0.1, 0.15) is 25.1 Å². The molecule has 0 aliphatic carbocycles. The lowest BCUT2D eigenvalue weighted by molar-refractivity contribution is 0.143. The van der Waals surface area contributed by atoms with Crippen LogP contribution < -0.4 is 11.1 Å². The molecule has 0 unspecified atom stereocenters. The van der Waals surface area contributed by atoms with Gasteiger partial charge in [-0.05, 0) is 31.4 Å². The number of alkyl carbamates (subject to hydrolysis) is 1. The number of aryl methyl sites for hydroxylation is 2. The average Bonchev–Trinajstić information content (AvgIpc) is 3.35. The van der Waals surface area contributed by atoms with Crippen molar-refractivity contribution in [2.24, 2.45) is 0 Å². The molecule has 1 amide bonds. The topological polar surface area (TPSA) is 137 Å². The molecular formula is C20H24N8O2. The van der Waals surface area contributed by atoms with Gasteiger partial charge in [0, 0.05) is 19.5 Å². The van der Waals surface area contributed by atoms with E-state index in [1.54, 1.807) is 6.33 Å². The van der Waals surface area contributed by atoms with E-state index in [-0.39, 0.29) is 0 Å². The molecule has 4 aromatic rings. The normalized spacial score (nSPS) is 11.2. The van der Waals surface area contributed by atoms with E-state index in [0.717, 1.165) is 49.1 Å². The lowest BCUT2D eigenvalue weighted by Crippen LogP contribution is -2.26. The Kier molecular flexibility index (Phi) is 6.02. The molecule has 1 aromatic carbocycles. The van der Waals surface area contributed by atoms with Crippen LogP contribution in [0.4, 0.5) is 10.6 Å². The van der Waals surface area contributed by atoms with Gasteiger partial charge >= 0.3 is 6.09 Å². The number of carbonyl (C=O) groups is 1. The van der Waals surface area contributed by atoms with Crippen LogP contribution in [0, 0.1) is 0 Å². The molecule has 0 atom stereocenters. The molecule has 156 valence electrons. The van der Waals surface area contributed by atoms with Gasteiger partial charge in [0.05, 0.1) is 24.0 Å². The number of unbranched alkanes of at least 4 members (excludes halogenated alkanes) is 1. The molecule has 10 heteroatoms. The molecule has 3 aromatic heterocycles. The van der Waals surface area contributed by atoms with Crippen LogP contribution in [-0.4, -0.2) is 48.7 Å². The Bertz CT molecular complexity index is 1100. The van der Waals surface area contributed by atoms with E-state index < -0.39 is 6.09 Å². The summed E-state index contributed by atoms with van der Waals surface area (Å²) in [6, 6.07) is 7.92. The number of nitrogens with two attached hydrogens (primary N) is 1. The number of benzene rings is 1. The van der Waals surface area contributed by atoms with Gasteiger partial charge in [-0.2, -0.15) is 0 Å². The fourth-order valence-electron chi connectivity index (χ4n) is 3.23. The monoisotopic (exact) mass is 408 g/mol. The summed E-state index contributed by atoms with van der Waals surface area (Å²) >= 11 is 0. The van der Waals surface area contributed by atoms with E-state index in [1.807, 2.05) is 28.8 Å². The Morgan fingerprint density at radius 3 is 2.97 bits per heavy atom. The minimum Gasteiger partial charge on any atom is -0.450 e. The highest BCUT2D eigenvalue weighted by atomic mass is 16.5. The number of aromatic nitrogens is 6. The van der Waals surface area contributed by atoms with Crippen LogP contribution in [0.5, 0.6) is 0 Å². The molecule has 0 saturated heterocycles. The van der Waals surface area contributed by atoms with Crippen molar-refractivity contribution in [2.75, 3.05) is 18.9 Å². The van der Waals surface area contributed by atoms with Crippen molar-refractivity contribution >= 4 is 34.1 Å². The van der Waals surface area contributed by atoms with Gasteiger partial charge in [0.25, 0.3) is 0 Å². The lowest BCUT2D eigenvalue weighted by Gasteiger charge is -2.07. The molecule has 4 N–H and O–H groups in total. The molecule has 0 spiro atoms. The number of nitrogens with one attached hydrogen (secondary N) is 2. The summed E-state index contributed by atoms with van der Waals surface area (Å²) in [5.74, 6) is 1.30. The molecule has 30 heavy (non-hydrogen) atoms. The Labute approximate surface area is 172 Å². The van der Waals surface area contributed by atoms with Crippen LogP contribution in [0.15, 0.2) is 36.9 Å². The van der Waals surface area contributed by atoms with Crippen molar-refractivity contribution in [3.63, 3.8) is 0 Å². The number of hydrogen-bond acceptors (Lipinski definition) is 7. The second kappa shape index (κ2) is 9.21. The summed E-state index contributed by atoms with van der Waals surface area (Å²) in [7, 11) is 0. The molecule has 0 bridgehead atoms. The number of carbonyl (C=O) groups excluding carboxylic acids is 1. The quantitative estimate of drug-likeness (QED) is 0.362. The first-order chi connectivity index (χ1) is 14.7. The SMILES string of the molecule is Nc1ncnc2c1ncn2CCCCOC(=O)NCCCc1nc2ccccc2[nH]1. The van der Waals surface area contributed by atoms with Crippen molar-refractivity contribution in [3.8, 4) is 0 Å². The Balaban J connectivity index is 1.10. The zero-order valence-corrected chi connectivity index (χ0v) is 16.5. The summed E-state index contributed by atoms with van der Waals surface area (Å²) in [4.78, 5) is 32.0. The van der Waals surface area contributed by atoms with E-state index in [1.165, 1.54) is 6.33 Å². The molecule has 3 heterocycles. The highest BCUT2D eigenvalue weighted by Crippen LogP contribution is 2.14. The van der Waals surface area contributed by atoms with Crippen molar-refractivity contribution < 1.29 is 9.53 Å². The molecule has 10 nitrogen and oxygen atoms in total. The summed E-state index contributed by atoms with van der Waals surface area (Å²) in [5.41, 5.74) is 9.09. The largest absolute Gasteiger partial charge is 0.450 e. The average molecular weight is 408 g/mol. The zero-order chi connectivity index (χ0) is 20.8. The first-order valence-corrected chi connectivity index (χ1v) is 9.96. The predicted molar refractivity (Wildman–Crippen MR) is 113 cm³/mol. The van der Waals surface area contributed by atoms with Gasteiger partial charge in [-0.25, -0.2) is 24.7 Å². The molecular weight excluding hydrogens is 384 g/mol. The molecule has 0 aliphatic rings. The molecule has 0 fully saturated rings. The van der Waals surface area contributed by atoms with E-state index >= 15 is 0 Å². The summed E-state index contributed by atoms with van der Waals surface area (Å²) in [5, 5.41) is 2.77. The van der Waals surface area contributed by atoms with Crippen molar-refractivity contribution in [2.45, 2.75) is 32.2 Å². The molecule has 4 rings (SSSR count). The number of H-pyrrole nitrogens is 1. The van der Waals surface area contributed by atoms with Crippen LogP contribution >= 0.6 is 0 Å². The minimum absolute atomic E-state index is 0.360. The third-order valence-electron chi connectivity index (χ3n) is 4.75. The number of rotatable bonds is 9. The molecule has 0 aliphatic heterocycles. The van der Waals surface area contributed by atoms with Gasteiger partial charge in [-0.3, -0.25) is 0 Å². The summed E-state index contributed by atoms with van der Waals surface area (Å²) < 4.78 is 7.15. The lowest BCUT2D eigenvalue weighted by atomic mass is 10.3. The van der Waals surface area contributed by atoms with Crippen molar-refractivity contribution in [1.29, 1.82) is 0 Å². The molecule has 0 saturated carbocycles. The number of amides is 1. The summed E-state index contributed by atoms with van der Waals surface area (Å²) in [6.45, 7) is 1.62. The van der Waals surface area contributed by atoms with E-state index in [4.69, 9.17) is 10.5 Å². The highest BCUT2D eigenvalue weighted by Gasteiger charge is 2.08. The van der Waals surface area contributed by atoms with Gasteiger partial charge in [-0.1, -0.05) is 12.1 Å². The zero-order valence-electron chi connectivity index (χ0n) is 16.5. The third-order valence-corrected chi connectivity index (χ3v) is 4.75. The predicted octanol–water partition coefficient (Wildman–Crippen LogP) is 2.42. The highest BCUT2D eigenvalue weighted by molar-refractivity contribution is 5.81. The smallest absolute Gasteiger partial charge is 0.407 e. The number of para-hydroxylation sites is 2. The van der Waals surface area contributed by atoms with Crippen LogP contribution in [0.2, 0.25) is 0 Å². The van der Waals surface area contributed by atoms with Crippen LogP contribution in [-0.2, 0) is 17.7 Å². The Morgan fingerprint density at radius 2 is 2.07 bits per heavy atom. The standard InChI is InChI=1S/C20H24N8O2/c21-18-17-19(24-12-23-18)28(13-25-17)10-3-4-11-30-20(29)22-9-5-8-16-26-14-6-1-2-7-15(14)27-16/h1-2,6-7,12-13H,3-5,8-11H2,(H,22,29)(H,26,27)(H2,21,23,24). The number of nitrogen functional groups attached to an aromatic ring is 1. The van der Waals surface area contributed by atoms with Crippen molar-refractivity contribution in [1.82, 2.24) is 34.8 Å². The number of fused-ring (bicyclic) bond motifs is 2. The number of imidazole rings is 2. The maximum Gasteiger partial charge on any atom is 0.407 e. The number of aromatic amines is 1. The number of hydrogen-bond donors (Lipinski definition) is 3. The van der Waals surface area contributed by atoms with Gasteiger partial charge in [0.15, 0.2) is 11.5 Å². The first kappa shape index (κ1) is 19.6. The Hall–Kier alpha value is -3.69. The van der Waals surface area contributed by atoms with Gasteiger partial charge in [-0.15, -0.1) is 0 Å². The van der Waals surface area contributed by atoms with E-state index in [9.17, 15) is 4.79 Å². The fraction of sp³-hybridized carbons (Fsp3) is 0.350. The number of nitrogens with zero attached hydrogens (tertiary/aromatic N) is 5. The number of ether oxygens (including phenoxy) is 1. The summed E-state index contributed by atoms with van der Waals surface area (Å²) in [6.07, 6.45) is 5.85. The maximum absolute atomic E-state index is 11.8. The second-order valence-electron chi connectivity index (χ2n) is 6.94. The van der Waals surface area contributed by atoms with Crippen molar-refractivity contribution in [3.05, 3.63) is 42.7 Å². The van der Waals surface area contributed by atoms with Gasteiger partial charge in [0.2, 0.25) is 0 Å². The minimum atomic E-state index is -0.395. The van der Waals surface area contributed by atoms with E-state index in [2.05, 4.69) is 30.2 Å². The fourth-order valence-corrected chi connectivity index (χ4v) is 3.23. The Morgan fingerprint density at radius 1 is 1.17 bits per heavy atom. The second-order valence-corrected chi connectivity index (χ2v) is 6.94. The molecule has 0 radical (unpaired) electrons. The van der Waals surface area contributed by atoms with Gasteiger partial charge < -0.3 is 25.3 Å². The van der Waals surface area contributed by atoms with Gasteiger partial charge in [0.1, 0.15) is 17.7 Å². The van der Waals surface area contributed by atoms with Crippen LogP contribution in [0.25, 0.3) is 22.2 Å². The maximum atomic E-state index is 11.8.